The highest BCUT2D eigenvalue weighted by molar-refractivity contribution is 6.37. The lowest BCUT2D eigenvalue weighted by atomic mass is 10.0. The third kappa shape index (κ3) is 3.16. The predicted molar refractivity (Wildman–Crippen MR) is 90.1 cm³/mol. The Morgan fingerprint density at radius 2 is 2.24 bits per heavy atom. The zero-order valence-corrected chi connectivity index (χ0v) is 13.9. The van der Waals surface area contributed by atoms with Gasteiger partial charge in [-0.05, 0) is 18.2 Å². The molecule has 2 N–H and O–H groups in total. The number of carbonyl (C=O) groups is 1. The fourth-order valence-electron chi connectivity index (χ4n) is 2.43. The standard InChI is InChI=1S/C17H14ClFN2O4/c1-24-9-6-10-11(8-21-17(10)20-7-9)16(23)14-12(19)2-3-13(15(14)18)25-5-4-22/h2-3,6-8,22H,4-5H2,1H3,(H,20,21). The Labute approximate surface area is 147 Å². The third-order valence-electron chi connectivity index (χ3n) is 3.62. The lowest BCUT2D eigenvalue weighted by molar-refractivity contribution is 0.103. The van der Waals surface area contributed by atoms with Crippen molar-refractivity contribution in [1.82, 2.24) is 9.97 Å². The molecule has 0 spiro atoms. The molecule has 0 bridgehead atoms. The number of ether oxygens (including phenoxy) is 2. The Kier molecular flexibility index (Phi) is 4.87. The topological polar surface area (TPSA) is 84.4 Å². The summed E-state index contributed by atoms with van der Waals surface area (Å²) < 4.78 is 24.6. The molecule has 25 heavy (non-hydrogen) atoms. The fourth-order valence-corrected chi connectivity index (χ4v) is 2.72. The third-order valence-corrected chi connectivity index (χ3v) is 3.99. The van der Waals surface area contributed by atoms with Gasteiger partial charge in [0.25, 0.3) is 0 Å². The number of halogens is 2. The molecule has 0 aliphatic heterocycles. The predicted octanol–water partition coefficient (Wildman–Crippen LogP) is 2.97. The lowest BCUT2D eigenvalue weighted by Gasteiger charge is -2.11. The van der Waals surface area contributed by atoms with E-state index in [-0.39, 0.29) is 35.1 Å². The zero-order chi connectivity index (χ0) is 18.0. The molecule has 0 amide bonds. The van der Waals surface area contributed by atoms with E-state index < -0.39 is 11.6 Å². The summed E-state index contributed by atoms with van der Waals surface area (Å²) in [5.74, 6) is -0.793. The Morgan fingerprint density at radius 1 is 1.44 bits per heavy atom. The summed E-state index contributed by atoms with van der Waals surface area (Å²) in [6, 6.07) is 4.04. The molecule has 0 aliphatic rings. The number of aliphatic hydroxyl groups excluding tert-OH is 1. The van der Waals surface area contributed by atoms with Gasteiger partial charge in [0, 0.05) is 17.1 Å². The molecule has 0 unspecified atom stereocenters. The van der Waals surface area contributed by atoms with Crippen molar-refractivity contribution in [3.05, 3.63) is 52.6 Å². The molecule has 6 nitrogen and oxygen atoms in total. The van der Waals surface area contributed by atoms with Crippen molar-refractivity contribution in [3.63, 3.8) is 0 Å². The average molecular weight is 365 g/mol. The van der Waals surface area contributed by atoms with Crippen LogP contribution in [0.2, 0.25) is 5.02 Å². The molecule has 3 aromatic rings. The van der Waals surface area contributed by atoms with Gasteiger partial charge < -0.3 is 19.6 Å². The summed E-state index contributed by atoms with van der Waals surface area (Å²) >= 11 is 6.15. The van der Waals surface area contributed by atoms with E-state index in [1.54, 1.807) is 6.07 Å². The summed E-state index contributed by atoms with van der Waals surface area (Å²) in [6.45, 7) is -0.252. The number of benzene rings is 1. The van der Waals surface area contributed by atoms with Crippen LogP contribution in [-0.4, -0.2) is 41.2 Å². The second-order valence-electron chi connectivity index (χ2n) is 5.11. The lowest BCUT2D eigenvalue weighted by Crippen LogP contribution is -2.08. The maximum Gasteiger partial charge on any atom is 0.199 e. The van der Waals surface area contributed by atoms with E-state index in [1.165, 1.54) is 25.6 Å². The Bertz CT molecular complexity index is 942. The van der Waals surface area contributed by atoms with E-state index in [1.807, 2.05) is 0 Å². The van der Waals surface area contributed by atoms with E-state index in [0.29, 0.717) is 16.8 Å². The van der Waals surface area contributed by atoms with E-state index in [4.69, 9.17) is 26.2 Å². The number of hydrogen-bond donors (Lipinski definition) is 2. The molecule has 2 heterocycles. The highest BCUT2D eigenvalue weighted by Crippen LogP contribution is 2.33. The quantitative estimate of drug-likeness (QED) is 0.657. The number of nitrogens with one attached hydrogen (secondary N) is 1. The first-order valence-electron chi connectivity index (χ1n) is 7.34. The maximum atomic E-state index is 14.3. The Hall–Kier alpha value is -2.64. The van der Waals surface area contributed by atoms with E-state index in [9.17, 15) is 9.18 Å². The molecule has 0 aliphatic carbocycles. The van der Waals surface area contributed by atoms with E-state index in [0.717, 1.165) is 6.07 Å². The number of methoxy groups -OCH3 is 1. The number of carbonyl (C=O) groups excluding carboxylic acids is 1. The van der Waals surface area contributed by atoms with Gasteiger partial charge in [-0.25, -0.2) is 9.37 Å². The monoisotopic (exact) mass is 364 g/mol. The smallest absolute Gasteiger partial charge is 0.199 e. The van der Waals surface area contributed by atoms with Gasteiger partial charge in [-0.15, -0.1) is 0 Å². The molecule has 0 radical (unpaired) electrons. The highest BCUT2D eigenvalue weighted by atomic mass is 35.5. The normalized spacial score (nSPS) is 10.9. The number of rotatable bonds is 6. The van der Waals surface area contributed by atoms with Gasteiger partial charge in [0.15, 0.2) is 5.78 Å². The van der Waals surface area contributed by atoms with Crippen LogP contribution in [0.1, 0.15) is 15.9 Å². The minimum absolute atomic E-state index is 0.0206. The molecule has 0 fully saturated rings. The molecule has 0 saturated heterocycles. The first-order chi connectivity index (χ1) is 12.1. The van der Waals surface area contributed by atoms with Gasteiger partial charge >= 0.3 is 0 Å². The van der Waals surface area contributed by atoms with Crippen molar-refractivity contribution in [3.8, 4) is 11.5 Å². The number of pyridine rings is 1. The molecule has 130 valence electrons. The number of ketones is 1. The van der Waals surface area contributed by atoms with Crippen LogP contribution < -0.4 is 9.47 Å². The summed E-state index contributed by atoms with van der Waals surface area (Å²) in [7, 11) is 1.48. The van der Waals surface area contributed by atoms with Crippen LogP contribution >= 0.6 is 11.6 Å². The SMILES string of the molecule is COc1cnc2[nH]cc(C(=O)c3c(F)ccc(OCCO)c3Cl)c2c1. The van der Waals surface area contributed by atoms with Gasteiger partial charge in [-0.2, -0.15) is 0 Å². The molecular formula is C17H14ClFN2O4. The highest BCUT2D eigenvalue weighted by Gasteiger charge is 2.24. The summed E-state index contributed by atoms with van der Waals surface area (Å²) in [4.78, 5) is 19.9. The van der Waals surface area contributed by atoms with E-state index in [2.05, 4.69) is 9.97 Å². The van der Waals surface area contributed by atoms with Gasteiger partial charge in [-0.1, -0.05) is 11.6 Å². The fraction of sp³-hybridized carbons (Fsp3) is 0.176. The van der Waals surface area contributed by atoms with Crippen molar-refractivity contribution in [2.75, 3.05) is 20.3 Å². The van der Waals surface area contributed by atoms with Crippen molar-refractivity contribution in [1.29, 1.82) is 0 Å². The van der Waals surface area contributed by atoms with Crippen LogP contribution in [0.15, 0.2) is 30.6 Å². The van der Waals surface area contributed by atoms with Gasteiger partial charge in [0.1, 0.15) is 29.6 Å². The molecule has 1 aromatic carbocycles. The summed E-state index contributed by atoms with van der Waals surface area (Å²) in [5.41, 5.74) is 0.371. The molecule has 8 heteroatoms. The van der Waals surface area contributed by atoms with Crippen LogP contribution in [0.3, 0.4) is 0 Å². The molecule has 2 aromatic heterocycles. The van der Waals surface area contributed by atoms with Crippen molar-refractivity contribution < 1.29 is 23.8 Å². The van der Waals surface area contributed by atoms with Crippen LogP contribution in [0.4, 0.5) is 4.39 Å². The number of aromatic nitrogens is 2. The average Bonchev–Trinajstić information content (AvgIpc) is 3.04. The number of H-pyrrole nitrogens is 1. The van der Waals surface area contributed by atoms with Gasteiger partial charge in [-0.3, -0.25) is 4.79 Å². The minimum atomic E-state index is -0.767. The van der Waals surface area contributed by atoms with Crippen molar-refractivity contribution in [2.24, 2.45) is 0 Å². The first kappa shape index (κ1) is 17.2. The minimum Gasteiger partial charge on any atom is -0.495 e. The van der Waals surface area contributed by atoms with Crippen LogP contribution in [0, 0.1) is 5.82 Å². The van der Waals surface area contributed by atoms with Gasteiger partial charge in [0.05, 0.1) is 30.5 Å². The van der Waals surface area contributed by atoms with Crippen molar-refractivity contribution in [2.45, 2.75) is 0 Å². The largest absolute Gasteiger partial charge is 0.495 e. The number of aliphatic hydroxyl groups is 1. The summed E-state index contributed by atoms with van der Waals surface area (Å²) in [6.07, 6.45) is 2.94. The second kappa shape index (κ2) is 7.08. The van der Waals surface area contributed by atoms with Gasteiger partial charge in [0.2, 0.25) is 0 Å². The Morgan fingerprint density at radius 3 is 2.96 bits per heavy atom. The van der Waals surface area contributed by atoms with Crippen molar-refractivity contribution >= 4 is 28.4 Å². The number of hydrogen-bond acceptors (Lipinski definition) is 5. The van der Waals surface area contributed by atoms with E-state index >= 15 is 0 Å². The maximum absolute atomic E-state index is 14.3. The molecule has 3 rings (SSSR count). The summed E-state index contributed by atoms with van der Waals surface area (Å²) in [5, 5.41) is 9.18. The number of aromatic amines is 1. The molecule has 0 atom stereocenters. The zero-order valence-electron chi connectivity index (χ0n) is 13.2. The van der Waals surface area contributed by atoms with Crippen LogP contribution in [0.25, 0.3) is 11.0 Å². The number of fused-ring (bicyclic) bond motifs is 1. The van der Waals surface area contributed by atoms with Crippen LogP contribution in [0.5, 0.6) is 11.5 Å². The second-order valence-corrected chi connectivity index (χ2v) is 5.49. The van der Waals surface area contributed by atoms with Crippen LogP contribution in [-0.2, 0) is 0 Å². The Balaban J connectivity index is 2.09. The first-order valence-corrected chi connectivity index (χ1v) is 7.72. The molecule has 0 saturated carbocycles. The molecular weight excluding hydrogens is 351 g/mol. The number of nitrogens with zero attached hydrogens (tertiary/aromatic N) is 1.